The minimum absolute atomic E-state index is 0.0372. The summed E-state index contributed by atoms with van der Waals surface area (Å²) in [6.07, 6.45) is 2.74. The lowest BCUT2D eigenvalue weighted by atomic mass is 9.96. The van der Waals surface area contributed by atoms with Gasteiger partial charge in [0.1, 0.15) is 11.8 Å². The Labute approximate surface area is 97.5 Å². The molecule has 0 saturated heterocycles. The molecule has 0 aromatic heterocycles. The van der Waals surface area contributed by atoms with Gasteiger partial charge < -0.3 is 10.5 Å². The van der Waals surface area contributed by atoms with Gasteiger partial charge in [-0.05, 0) is 31.4 Å². The van der Waals surface area contributed by atoms with Gasteiger partial charge in [-0.25, -0.2) is 4.79 Å². The molecule has 0 atom stereocenters. The molecule has 0 amide bonds. The highest BCUT2D eigenvalue weighted by atomic mass is 16.6. The lowest BCUT2D eigenvalue weighted by Crippen LogP contribution is -2.25. The van der Waals surface area contributed by atoms with Crippen molar-refractivity contribution in [2.45, 2.75) is 25.4 Å². The number of nitro benzene ring substituents is 1. The number of esters is 1. The molecule has 0 bridgehead atoms. The minimum atomic E-state index is -0.616. The fraction of sp³-hybridized carbons (Fsp3) is 0.364. The molecule has 90 valence electrons. The Morgan fingerprint density at radius 3 is 2.71 bits per heavy atom. The number of carbonyl (C=O) groups excluding carboxylic acids is 1. The number of nitrogens with two attached hydrogens (primary N) is 1. The molecule has 6 heteroatoms. The first-order valence-electron chi connectivity index (χ1n) is 5.33. The highest BCUT2D eigenvalue weighted by molar-refractivity contribution is 5.91. The Hall–Kier alpha value is -2.11. The highest BCUT2D eigenvalue weighted by Gasteiger charge is 2.23. The van der Waals surface area contributed by atoms with E-state index in [4.69, 9.17) is 10.5 Å². The predicted molar refractivity (Wildman–Crippen MR) is 60.6 cm³/mol. The van der Waals surface area contributed by atoms with E-state index in [9.17, 15) is 14.9 Å². The Balaban J connectivity index is 2.17. The molecule has 0 heterocycles. The van der Waals surface area contributed by atoms with Gasteiger partial charge in [-0.1, -0.05) is 0 Å². The number of hydrogen-bond acceptors (Lipinski definition) is 5. The normalized spacial score (nSPS) is 15.1. The molecule has 6 nitrogen and oxygen atoms in total. The van der Waals surface area contributed by atoms with E-state index in [1.165, 1.54) is 12.1 Å². The minimum Gasteiger partial charge on any atom is -0.459 e. The van der Waals surface area contributed by atoms with Gasteiger partial charge in [-0.15, -0.1) is 0 Å². The average Bonchev–Trinajstić information content (AvgIpc) is 2.23. The van der Waals surface area contributed by atoms with E-state index < -0.39 is 10.9 Å². The average molecular weight is 236 g/mol. The second-order valence-electron chi connectivity index (χ2n) is 3.99. The van der Waals surface area contributed by atoms with Gasteiger partial charge in [0.25, 0.3) is 5.69 Å². The summed E-state index contributed by atoms with van der Waals surface area (Å²) < 4.78 is 5.14. The van der Waals surface area contributed by atoms with Crippen LogP contribution < -0.4 is 5.73 Å². The Morgan fingerprint density at radius 2 is 2.18 bits per heavy atom. The maximum absolute atomic E-state index is 11.6. The zero-order valence-corrected chi connectivity index (χ0v) is 9.09. The van der Waals surface area contributed by atoms with Crippen molar-refractivity contribution in [2.75, 3.05) is 5.73 Å². The van der Waals surface area contributed by atoms with Gasteiger partial charge in [0.2, 0.25) is 0 Å². The third kappa shape index (κ3) is 2.35. The van der Waals surface area contributed by atoms with Crippen LogP contribution >= 0.6 is 0 Å². The quantitative estimate of drug-likeness (QED) is 0.374. The number of carbonyl (C=O) groups is 1. The zero-order chi connectivity index (χ0) is 12.4. The van der Waals surface area contributed by atoms with Gasteiger partial charge in [-0.2, -0.15) is 0 Å². The van der Waals surface area contributed by atoms with Crippen molar-refractivity contribution in [3.8, 4) is 0 Å². The van der Waals surface area contributed by atoms with Crippen molar-refractivity contribution in [3.05, 3.63) is 33.9 Å². The molecule has 1 aromatic rings. The van der Waals surface area contributed by atoms with Crippen molar-refractivity contribution in [1.82, 2.24) is 0 Å². The second-order valence-corrected chi connectivity index (χ2v) is 3.99. The maximum atomic E-state index is 11.6. The predicted octanol–water partition coefficient (Wildman–Crippen LogP) is 1.89. The van der Waals surface area contributed by atoms with Crippen molar-refractivity contribution < 1.29 is 14.5 Å². The number of ether oxygens (including phenoxy) is 1. The Bertz CT molecular complexity index is 469. The first-order valence-corrected chi connectivity index (χ1v) is 5.33. The van der Waals surface area contributed by atoms with Crippen LogP contribution in [0.5, 0.6) is 0 Å². The fourth-order valence-corrected chi connectivity index (χ4v) is 1.54. The van der Waals surface area contributed by atoms with Crippen LogP contribution in [0.15, 0.2) is 18.2 Å². The zero-order valence-electron chi connectivity index (χ0n) is 9.09. The first-order chi connectivity index (χ1) is 8.08. The summed E-state index contributed by atoms with van der Waals surface area (Å²) in [6.45, 7) is 0. The van der Waals surface area contributed by atoms with Crippen LogP contribution in [-0.4, -0.2) is 17.0 Å². The molecule has 1 fully saturated rings. The fourth-order valence-electron chi connectivity index (χ4n) is 1.54. The van der Waals surface area contributed by atoms with E-state index in [1.54, 1.807) is 0 Å². The number of nitrogens with zero attached hydrogens (tertiary/aromatic N) is 1. The summed E-state index contributed by atoms with van der Waals surface area (Å²) in [7, 11) is 0. The largest absolute Gasteiger partial charge is 0.459 e. The number of benzene rings is 1. The van der Waals surface area contributed by atoms with E-state index in [2.05, 4.69) is 0 Å². The number of nitrogen functional groups attached to an aromatic ring is 1. The summed E-state index contributed by atoms with van der Waals surface area (Å²) in [4.78, 5) is 21.7. The SMILES string of the molecule is Nc1ccc(C(=O)OC2CCC2)cc1[N+](=O)[O-]. The van der Waals surface area contributed by atoms with E-state index in [0.717, 1.165) is 25.3 Å². The molecule has 2 rings (SSSR count). The number of hydrogen-bond donors (Lipinski definition) is 1. The van der Waals surface area contributed by atoms with Crippen LogP contribution in [0.3, 0.4) is 0 Å². The molecule has 1 aromatic carbocycles. The lowest BCUT2D eigenvalue weighted by Gasteiger charge is -2.25. The van der Waals surface area contributed by atoms with Gasteiger partial charge in [0.15, 0.2) is 0 Å². The summed E-state index contributed by atoms with van der Waals surface area (Å²) in [5, 5.41) is 10.7. The summed E-state index contributed by atoms with van der Waals surface area (Å²) in [5.74, 6) is -0.530. The maximum Gasteiger partial charge on any atom is 0.338 e. The second kappa shape index (κ2) is 4.40. The number of rotatable bonds is 3. The van der Waals surface area contributed by atoms with E-state index in [0.29, 0.717) is 0 Å². The third-order valence-electron chi connectivity index (χ3n) is 2.79. The molecule has 17 heavy (non-hydrogen) atoms. The standard InChI is InChI=1S/C11H12N2O4/c12-9-5-4-7(6-10(9)13(15)16)11(14)17-8-2-1-3-8/h4-6,8H,1-3,12H2. The van der Waals surface area contributed by atoms with Crippen molar-refractivity contribution in [3.63, 3.8) is 0 Å². The Kier molecular flexibility index (Phi) is 2.95. The van der Waals surface area contributed by atoms with E-state index in [-0.39, 0.29) is 23.0 Å². The summed E-state index contributed by atoms with van der Waals surface area (Å²) in [6, 6.07) is 3.93. The first kappa shape index (κ1) is 11.4. The van der Waals surface area contributed by atoms with Crippen LogP contribution in [0.2, 0.25) is 0 Å². The molecule has 0 spiro atoms. The van der Waals surface area contributed by atoms with Gasteiger partial charge in [-0.3, -0.25) is 10.1 Å². The van der Waals surface area contributed by atoms with Crippen LogP contribution in [-0.2, 0) is 4.74 Å². The van der Waals surface area contributed by atoms with E-state index in [1.807, 2.05) is 0 Å². The summed E-state index contributed by atoms with van der Waals surface area (Å²) >= 11 is 0. The van der Waals surface area contributed by atoms with Crippen LogP contribution in [0.1, 0.15) is 29.6 Å². The topological polar surface area (TPSA) is 95.5 Å². The molecule has 1 aliphatic carbocycles. The molecule has 0 aliphatic heterocycles. The third-order valence-corrected chi connectivity index (χ3v) is 2.79. The van der Waals surface area contributed by atoms with Crippen LogP contribution in [0.4, 0.5) is 11.4 Å². The molecule has 1 saturated carbocycles. The van der Waals surface area contributed by atoms with Gasteiger partial charge in [0, 0.05) is 6.07 Å². The van der Waals surface area contributed by atoms with Gasteiger partial charge in [0.05, 0.1) is 10.5 Å². The lowest BCUT2D eigenvalue weighted by molar-refractivity contribution is -0.383. The van der Waals surface area contributed by atoms with Gasteiger partial charge >= 0.3 is 5.97 Å². The van der Waals surface area contributed by atoms with E-state index >= 15 is 0 Å². The van der Waals surface area contributed by atoms with Crippen molar-refractivity contribution >= 4 is 17.3 Å². The van der Waals surface area contributed by atoms with Crippen molar-refractivity contribution in [2.24, 2.45) is 0 Å². The molecule has 2 N–H and O–H groups in total. The number of nitro groups is 1. The monoisotopic (exact) mass is 236 g/mol. The molecular formula is C11H12N2O4. The number of anilines is 1. The van der Waals surface area contributed by atoms with Crippen molar-refractivity contribution in [1.29, 1.82) is 0 Å². The summed E-state index contributed by atoms with van der Waals surface area (Å²) in [5.41, 5.74) is 5.37. The van der Waals surface area contributed by atoms with Crippen LogP contribution in [0.25, 0.3) is 0 Å². The highest BCUT2D eigenvalue weighted by Crippen LogP contribution is 2.26. The van der Waals surface area contributed by atoms with Crippen LogP contribution in [0, 0.1) is 10.1 Å². The Morgan fingerprint density at radius 1 is 1.47 bits per heavy atom. The molecule has 0 radical (unpaired) electrons. The molecule has 0 unspecified atom stereocenters. The molecular weight excluding hydrogens is 224 g/mol. The molecule has 1 aliphatic rings. The smallest absolute Gasteiger partial charge is 0.338 e.